The summed E-state index contributed by atoms with van der Waals surface area (Å²) in [4.78, 5) is 0. The summed E-state index contributed by atoms with van der Waals surface area (Å²) in [6.07, 6.45) is 1.71. The predicted molar refractivity (Wildman–Crippen MR) is 45.4 cm³/mol. The van der Waals surface area contributed by atoms with Gasteiger partial charge in [0.05, 0.1) is 0 Å². The Hall–Kier alpha value is -0.900. The normalized spacial score (nSPS) is 10.7. The maximum Gasteiger partial charge on any atom is 0.161 e. The van der Waals surface area contributed by atoms with Crippen molar-refractivity contribution in [2.75, 3.05) is 0 Å². The van der Waals surface area contributed by atoms with Gasteiger partial charge in [-0.3, -0.25) is 4.40 Å². The van der Waals surface area contributed by atoms with Gasteiger partial charge >= 0.3 is 0 Å². The summed E-state index contributed by atoms with van der Waals surface area (Å²) in [7, 11) is 0. The molecule has 0 saturated heterocycles. The van der Waals surface area contributed by atoms with Crippen LogP contribution in [0.4, 0.5) is 0 Å². The van der Waals surface area contributed by atoms with E-state index in [9.17, 15) is 0 Å². The van der Waals surface area contributed by atoms with E-state index < -0.39 is 0 Å². The number of pyridine rings is 1. The molecule has 2 aromatic heterocycles. The summed E-state index contributed by atoms with van der Waals surface area (Å²) in [6.45, 7) is 2.02. The highest BCUT2D eigenvalue weighted by atomic mass is 79.9. The molecule has 2 rings (SSSR count). The molecule has 0 bridgehead atoms. The van der Waals surface area contributed by atoms with Crippen LogP contribution in [0.25, 0.3) is 5.65 Å². The van der Waals surface area contributed by atoms with Crippen molar-refractivity contribution in [1.29, 1.82) is 0 Å². The highest BCUT2D eigenvalue weighted by Crippen LogP contribution is 2.13. The van der Waals surface area contributed by atoms with E-state index in [1.807, 2.05) is 23.5 Å². The maximum atomic E-state index is 3.92. The Morgan fingerprint density at radius 3 is 3.09 bits per heavy atom. The van der Waals surface area contributed by atoms with E-state index in [2.05, 4.69) is 26.1 Å². The fraction of sp³-hybridized carbons (Fsp3) is 0.143. The first-order valence-corrected chi connectivity index (χ1v) is 4.02. The maximum absolute atomic E-state index is 3.92. The van der Waals surface area contributed by atoms with Gasteiger partial charge in [-0.05, 0) is 19.1 Å². The summed E-state index contributed by atoms with van der Waals surface area (Å²) >= 11 is 3.39. The Morgan fingerprint density at radius 2 is 2.27 bits per heavy atom. The molecular weight excluding hydrogens is 206 g/mol. The molecule has 0 fully saturated rings. The summed E-state index contributed by atoms with van der Waals surface area (Å²) in [5.74, 6) is 0. The molecule has 4 heteroatoms. The second-order valence-corrected chi connectivity index (χ2v) is 3.29. The lowest BCUT2D eigenvalue weighted by Crippen LogP contribution is -1.88. The van der Waals surface area contributed by atoms with Crippen molar-refractivity contribution in [2.24, 2.45) is 0 Å². The fourth-order valence-electron chi connectivity index (χ4n) is 1.05. The third kappa shape index (κ3) is 1.03. The third-order valence-electron chi connectivity index (χ3n) is 1.57. The van der Waals surface area contributed by atoms with Gasteiger partial charge in [-0.1, -0.05) is 15.9 Å². The molecule has 0 unspecified atom stereocenters. The molecule has 2 heterocycles. The Bertz CT molecular complexity index is 393. The molecule has 0 aliphatic carbocycles. The molecule has 0 aromatic carbocycles. The van der Waals surface area contributed by atoms with Crippen molar-refractivity contribution < 1.29 is 0 Å². The van der Waals surface area contributed by atoms with Gasteiger partial charge < -0.3 is 0 Å². The highest BCUT2D eigenvalue weighted by Gasteiger charge is 1.98. The van der Waals surface area contributed by atoms with Gasteiger partial charge in [-0.2, -0.15) is 0 Å². The quantitative estimate of drug-likeness (QED) is 0.666. The van der Waals surface area contributed by atoms with Gasteiger partial charge in [-0.25, -0.2) is 0 Å². The summed E-state index contributed by atoms with van der Waals surface area (Å²) in [5.41, 5.74) is 2.00. The Balaban J connectivity index is 2.91. The smallest absolute Gasteiger partial charge is 0.161 e. The van der Waals surface area contributed by atoms with Crippen LogP contribution in [-0.4, -0.2) is 14.6 Å². The van der Waals surface area contributed by atoms with Crippen molar-refractivity contribution in [1.82, 2.24) is 14.6 Å². The molecule has 11 heavy (non-hydrogen) atoms. The fourth-order valence-corrected chi connectivity index (χ4v) is 1.58. The lowest BCUT2D eigenvalue weighted by atomic mass is 10.4. The zero-order valence-electron chi connectivity index (χ0n) is 5.95. The number of halogens is 1. The van der Waals surface area contributed by atoms with Crippen LogP contribution in [0.2, 0.25) is 0 Å². The topological polar surface area (TPSA) is 30.2 Å². The first-order chi connectivity index (χ1) is 5.27. The third-order valence-corrected chi connectivity index (χ3v) is 2.03. The van der Waals surface area contributed by atoms with Crippen LogP contribution >= 0.6 is 15.9 Å². The van der Waals surface area contributed by atoms with E-state index in [1.54, 1.807) is 6.33 Å². The van der Waals surface area contributed by atoms with Crippen LogP contribution in [0, 0.1) is 6.92 Å². The van der Waals surface area contributed by atoms with Crippen molar-refractivity contribution in [2.45, 2.75) is 6.92 Å². The number of aryl methyl sites for hydroxylation is 1. The predicted octanol–water partition coefficient (Wildman–Crippen LogP) is 1.80. The molecule has 56 valence electrons. The SMILES string of the molecule is Cc1cc(Br)cc2nncn12. The molecule has 0 radical (unpaired) electrons. The number of fused-ring (bicyclic) bond motifs is 1. The van der Waals surface area contributed by atoms with Gasteiger partial charge in [0.2, 0.25) is 0 Å². The van der Waals surface area contributed by atoms with Crippen LogP contribution in [0.3, 0.4) is 0 Å². The minimum Gasteiger partial charge on any atom is -0.286 e. The average Bonchev–Trinajstić information content (AvgIpc) is 2.34. The zero-order chi connectivity index (χ0) is 7.84. The van der Waals surface area contributed by atoms with Crippen molar-refractivity contribution in [3.8, 4) is 0 Å². The number of nitrogens with zero attached hydrogens (tertiary/aromatic N) is 3. The minimum atomic E-state index is 0.872. The number of hydrogen-bond acceptors (Lipinski definition) is 2. The molecule has 0 aliphatic rings. The summed E-state index contributed by atoms with van der Waals surface area (Å²) < 4.78 is 2.97. The van der Waals surface area contributed by atoms with Gasteiger partial charge in [0, 0.05) is 10.2 Å². The van der Waals surface area contributed by atoms with Gasteiger partial charge in [0.25, 0.3) is 0 Å². The molecule has 0 saturated carbocycles. The molecule has 0 atom stereocenters. The largest absolute Gasteiger partial charge is 0.286 e. The number of hydrogen-bond donors (Lipinski definition) is 0. The standard InChI is InChI=1S/C7H6BrN3/c1-5-2-6(8)3-7-10-9-4-11(5)7/h2-4H,1H3. The molecule has 3 nitrogen and oxygen atoms in total. The van der Waals surface area contributed by atoms with Crippen molar-refractivity contribution in [3.05, 3.63) is 28.6 Å². The van der Waals surface area contributed by atoms with E-state index in [0.717, 1.165) is 15.8 Å². The lowest BCUT2D eigenvalue weighted by Gasteiger charge is -1.97. The number of rotatable bonds is 0. The lowest BCUT2D eigenvalue weighted by molar-refractivity contribution is 1.06. The zero-order valence-corrected chi connectivity index (χ0v) is 7.54. The highest BCUT2D eigenvalue weighted by molar-refractivity contribution is 9.10. The average molecular weight is 212 g/mol. The summed E-state index contributed by atoms with van der Waals surface area (Å²) in [6, 6.07) is 3.95. The second kappa shape index (κ2) is 2.30. The second-order valence-electron chi connectivity index (χ2n) is 2.37. The van der Waals surface area contributed by atoms with Gasteiger partial charge in [0.1, 0.15) is 6.33 Å². The number of aromatic nitrogens is 3. The van der Waals surface area contributed by atoms with Crippen molar-refractivity contribution >= 4 is 21.6 Å². The van der Waals surface area contributed by atoms with Crippen LogP contribution in [-0.2, 0) is 0 Å². The van der Waals surface area contributed by atoms with Crippen molar-refractivity contribution in [3.63, 3.8) is 0 Å². The van der Waals surface area contributed by atoms with E-state index in [4.69, 9.17) is 0 Å². The first kappa shape index (κ1) is 6.79. The Labute approximate surface area is 72.2 Å². The van der Waals surface area contributed by atoms with Gasteiger partial charge in [-0.15, -0.1) is 10.2 Å². The van der Waals surface area contributed by atoms with Crippen LogP contribution in [0.1, 0.15) is 5.69 Å². The van der Waals surface area contributed by atoms with Crippen LogP contribution in [0.15, 0.2) is 22.9 Å². The summed E-state index contributed by atoms with van der Waals surface area (Å²) in [5, 5.41) is 7.72. The van der Waals surface area contributed by atoms with E-state index in [0.29, 0.717) is 0 Å². The Kier molecular flexibility index (Phi) is 1.42. The van der Waals surface area contributed by atoms with Gasteiger partial charge in [0.15, 0.2) is 5.65 Å². The van der Waals surface area contributed by atoms with Crippen LogP contribution < -0.4 is 0 Å². The molecular formula is C7H6BrN3. The van der Waals surface area contributed by atoms with E-state index >= 15 is 0 Å². The molecule has 2 aromatic rings. The van der Waals surface area contributed by atoms with Crippen LogP contribution in [0.5, 0.6) is 0 Å². The van der Waals surface area contributed by atoms with E-state index in [1.165, 1.54) is 0 Å². The Morgan fingerprint density at radius 1 is 1.45 bits per heavy atom. The molecule has 0 amide bonds. The van der Waals surface area contributed by atoms with E-state index in [-0.39, 0.29) is 0 Å². The minimum absolute atomic E-state index is 0.872. The first-order valence-electron chi connectivity index (χ1n) is 3.23. The monoisotopic (exact) mass is 211 g/mol. The molecule has 0 spiro atoms. The molecule has 0 aliphatic heterocycles. The molecule has 0 N–H and O–H groups in total.